The van der Waals surface area contributed by atoms with E-state index in [0.29, 0.717) is 39.4 Å². The number of nitrogens with one attached hydrogen (secondary N) is 1. The Bertz CT molecular complexity index is 1900. The molecule has 1 unspecified atom stereocenters. The molecule has 0 amide bonds. The van der Waals surface area contributed by atoms with Crippen LogP contribution < -0.4 is 9.62 Å². The minimum absolute atomic E-state index is 0.203. The highest BCUT2D eigenvalue weighted by Crippen LogP contribution is 2.38. The number of alkyl halides is 3. The highest BCUT2D eigenvalue weighted by Gasteiger charge is 2.33. The zero-order valence-electron chi connectivity index (χ0n) is 27.2. The molecule has 0 radical (unpaired) electrons. The summed E-state index contributed by atoms with van der Waals surface area (Å²) < 4.78 is 95.9. The van der Waals surface area contributed by atoms with Crippen molar-refractivity contribution < 1.29 is 39.9 Å². The van der Waals surface area contributed by atoms with Crippen LogP contribution in [0.4, 0.5) is 18.9 Å². The summed E-state index contributed by atoms with van der Waals surface area (Å²) in [5.74, 6) is -0.465. The van der Waals surface area contributed by atoms with Gasteiger partial charge >= 0.3 is 12.1 Å². The van der Waals surface area contributed by atoms with Crippen LogP contribution in [0, 0.1) is 11.8 Å². The van der Waals surface area contributed by atoms with Crippen molar-refractivity contribution in [1.82, 2.24) is 9.03 Å². The minimum Gasteiger partial charge on any atom is -0.480 e. The number of thiophene rings is 1. The van der Waals surface area contributed by atoms with E-state index in [9.17, 15) is 39.9 Å². The van der Waals surface area contributed by atoms with E-state index in [0.717, 1.165) is 93.6 Å². The minimum atomic E-state index is -4.55. The third-order valence-corrected chi connectivity index (χ3v) is 16.1. The van der Waals surface area contributed by atoms with Gasteiger partial charge in [0.25, 0.3) is 10.0 Å². The average Bonchev–Trinajstić information content (AvgIpc) is 3.43. The van der Waals surface area contributed by atoms with Gasteiger partial charge in [0.2, 0.25) is 10.0 Å². The maximum Gasteiger partial charge on any atom is 0.416 e. The number of carboxylic acid groups (broad SMARTS) is 1. The van der Waals surface area contributed by atoms with Gasteiger partial charge in [-0.05, 0) is 102 Å². The summed E-state index contributed by atoms with van der Waals surface area (Å²) in [7, 11) is -7.88. The zero-order chi connectivity index (χ0) is 37.1. The number of anilines is 1. The number of hydrogen-bond donors (Lipinski definition) is 2. The van der Waals surface area contributed by atoms with Crippen LogP contribution in [0.3, 0.4) is 0 Å². The normalized spacial score (nSPS) is 17.9. The molecule has 9 nitrogen and oxygen atoms in total. The number of hydrogen-bond acceptors (Lipinski definition) is 7. The van der Waals surface area contributed by atoms with Crippen molar-refractivity contribution in [2.24, 2.45) is 11.8 Å². The van der Waals surface area contributed by atoms with Crippen molar-refractivity contribution in [2.75, 3.05) is 31.1 Å². The van der Waals surface area contributed by atoms with Crippen molar-refractivity contribution in [3.05, 3.63) is 73.5 Å². The molecule has 1 aromatic heterocycles. The topological polar surface area (TPSA) is 124 Å². The summed E-state index contributed by atoms with van der Waals surface area (Å²) in [4.78, 5) is 13.7. The number of rotatable bonds is 13. The fourth-order valence-electron chi connectivity index (χ4n) is 6.59. The first-order chi connectivity index (χ1) is 23.9. The number of nitrogens with zero attached hydrogens (tertiary/aromatic N) is 2. The van der Waals surface area contributed by atoms with Crippen molar-refractivity contribution in [3.8, 4) is 0 Å². The molecule has 2 aliphatic rings. The van der Waals surface area contributed by atoms with Gasteiger partial charge in [0.05, 0.1) is 21.2 Å². The fourth-order valence-corrected chi connectivity index (χ4v) is 12.1. The first kappa shape index (κ1) is 40.3. The number of carbonyl (C=O) groups is 1. The monoisotopic (exact) mass is 873 g/mol. The summed E-state index contributed by atoms with van der Waals surface area (Å²) in [6.45, 7) is 2.47. The molecule has 51 heavy (non-hydrogen) atoms. The Morgan fingerprint density at radius 2 is 1.53 bits per heavy atom. The molecule has 1 atom stereocenters. The Morgan fingerprint density at radius 1 is 0.941 bits per heavy atom. The number of sulfonamides is 2. The lowest BCUT2D eigenvalue weighted by Crippen LogP contribution is -2.42. The number of piperidine rings is 2. The van der Waals surface area contributed by atoms with Crippen LogP contribution in [-0.2, 0) is 37.4 Å². The third kappa shape index (κ3) is 10.2. The molecule has 0 bridgehead atoms. The summed E-state index contributed by atoms with van der Waals surface area (Å²) in [6.07, 6.45) is 1.81. The lowest BCUT2D eigenvalue weighted by atomic mass is 9.87. The summed E-state index contributed by atoms with van der Waals surface area (Å²) >= 11 is 16.9. The predicted octanol–water partition coefficient (Wildman–Crippen LogP) is 8.30. The molecule has 0 saturated carbocycles. The van der Waals surface area contributed by atoms with Gasteiger partial charge in [0.15, 0.2) is 0 Å². The van der Waals surface area contributed by atoms with E-state index in [1.54, 1.807) is 16.4 Å². The fraction of sp³-hybridized carbons (Fsp3) is 0.485. The summed E-state index contributed by atoms with van der Waals surface area (Å²) in [6, 6.07) is 8.04. The lowest BCUT2D eigenvalue weighted by Gasteiger charge is -2.35. The molecule has 0 spiro atoms. The second-order valence-corrected chi connectivity index (χ2v) is 19.7. The van der Waals surface area contributed by atoms with Crippen molar-refractivity contribution in [2.45, 2.75) is 72.7 Å². The number of aliphatic carboxylic acids is 1. The van der Waals surface area contributed by atoms with Crippen molar-refractivity contribution in [3.63, 3.8) is 0 Å². The lowest BCUT2D eigenvalue weighted by molar-refractivity contribution is -0.139. The van der Waals surface area contributed by atoms with Crippen LogP contribution >= 0.6 is 50.5 Å². The Kier molecular flexibility index (Phi) is 13.1. The molecule has 18 heteroatoms. The Hall–Kier alpha value is -1.92. The molecule has 5 rings (SSSR count). The molecule has 0 aliphatic carbocycles. The van der Waals surface area contributed by atoms with E-state index in [1.807, 2.05) is 0 Å². The maximum atomic E-state index is 13.1. The van der Waals surface area contributed by atoms with E-state index >= 15 is 0 Å². The molecule has 3 aromatic rings. The van der Waals surface area contributed by atoms with Crippen LogP contribution in [0.1, 0.15) is 56.1 Å². The Balaban J connectivity index is 1.07. The van der Waals surface area contributed by atoms with Crippen LogP contribution in [0.15, 0.2) is 62.1 Å². The van der Waals surface area contributed by atoms with E-state index in [4.69, 9.17) is 23.2 Å². The first-order valence-corrected chi connectivity index (χ1v) is 21.6. The van der Waals surface area contributed by atoms with Gasteiger partial charge in [-0.1, -0.05) is 54.6 Å². The van der Waals surface area contributed by atoms with Crippen molar-refractivity contribution >= 4 is 82.2 Å². The molecule has 2 aliphatic heterocycles. The molecule has 2 aromatic carbocycles. The molecule has 280 valence electrons. The van der Waals surface area contributed by atoms with Gasteiger partial charge in [-0.15, -0.1) is 11.3 Å². The van der Waals surface area contributed by atoms with Gasteiger partial charge in [-0.3, -0.25) is 4.79 Å². The first-order valence-electron chi connectivity index (χ1n) is 16.3. The highest BCUT2D eigenvalue weighted by atomic mass is 79.9. The summed E-state index contributed by atoms with van der Waals surface area (Å²) in [5, 5.41) is 9.86. The number of halogens is 6. The predicted molar refractivity (Wildman–Crippen MR) is 196 cm³/mol. The molecule has 3 heterocycles. The quantitative estimate of drug-likeness (QED) is 0.177. The van der Waals surface area contributed by atoms with Gasteiger partial charge < -0.3 is 10.0 Å². The number of benzene rings is 2. The van der Waals surface area contributed by atoms with E-state index < -0.39 is 43.8 Å². The van der Waals surface area contributed by atoms with Gasteiger partial charge in [0.1, 0.15) is 14.6 Å². The second kappa shape index (κ2) is 16.6. The van der Waals surface area contributed by atoms with E-state index in [1.165, 1.54) is 12.1 Å². The molecule has 2 N–H and O–H groups in total. The Labute approximate surface area is 318 Å². The molecule has 2 fully saturated rings. The zero-order valence-corrected chi connectivity index (χ0v) is 32.8. The standard InChI is InChI=1S/C33H37BrCl2F3N3O6S3/c34-26-20-30(49-31(26)36)51(47,48)42-16-12-22(13-17-42)3-1-2-21-10-14-41(15-11-21)29-9-8-25(19-27(29)35)50(45,46)40-28(32(43)44)18-23-4-6-24(7-5-23)33(37,38)39/h4-9,19-22,28,40H,1-3,10-18H2,(H,43,44). The molecule has 2 saturated heterocycles. The van der Waals surface area contributed by atoms with Crippen LogP contribution in [0.2, 0.25) is 9.36 Å². The highest BCUT2D eigenvalue weighted by molar-refractivity contribution is 9.10. The van der Waals surface area contributed by atoms with E-state index in [2.05, 4.69) is 25.6 Å². The molecular formula is C33H37BrCl2F3N3O6S3. The number of carboxylic acids is 1. The van der Waals surface area contributed by atoms with Crippen LogP contribution in [0.25, 0.3) is 0 Å². The van der Waals surface area contributed by atoms with Crippen molar-refractivity contribution in [1.29, 1.82) is 0 Å². The van der Waals surface area contributed by atoms with Gasteiger partial charge in [-0.25, -0.2) is 16.8 Å². The SMILES string of the molecule is O=C(O)C(Cc1ccc(C(F)(F)F)cc1)NS(=O)(=O)c1ccc(N2CCC(CCCC3CCN(S(=O)(=O)c4cc(Br)c(Cl)s4)CC3)CC2)c(Cl)c1. The average molecular weight is 876 g/mol. The largest absolute Gasteiger partial charge is 0.480 e. The van der Waals surface area contributed by atoms with Crippen LogP contribution in [-0.4, -0.2) is 64.4 Å². The second-order valence-electron chi connectivity index (χ2n) is 12.9. The van der Waals surface area contributed by atoms with Crippen LogP contribution in [0.5, 0.6) is 0 Å². The third-order valence-electron chi connectivity index (χ3n) is 9.52. The Morgan fingerprint density at radius 3 is 2.04 bits per heavy atom. The maximum absolute atomic E-state index is 13.1. The summed E-state index contributed by atoms with van der Waals surface area (Å²) in [5.41, 5.74) is -0.000415. The van der Waals surface area contributed by atoms with Gasteiger partial charge in [0, 0.05) is 30.7 Å². The smallest absolute Gasteiger partial charge is 0.416 e. The van der Waals surface area contributed by atoms with E-state index in [-0.39, 0.29) is 26.1 Å². The van der Waals surface area contributed by atoms with Gasteiger partial charge in [-0.2, -0.15) is 22.2 Å². The molecular weight excluding hydrogens is 838 g/mol.